The van der Waals surface area contributed by atoms with Gasteiger partial charge in [0.2, 0.25) is 0 Å². The van der Waals surface area contributed by atoms with Crippen LogP contribution < -0.4 is 0 Å². The van der Waals surface area contributed by atoms with Gasteiger partial charge in [0.1, 0.15) is 0 Å². The summed E-state index contributed by atoms with van der Waals surface area (Å²) in [6.45, 7) is 9.18. The molecule has 0 aromatic rings. The van der Waals surface area contributed by atoms with Crippen LogP contribution in [0.5, 0.6) is 0 Å². The van der Waals surface area contributed by atoms with Crippen molar-refractivity contribution in [3.63, 3.8) is 0 Å². The van der Waals surface area contributed by atoms with Crippen LogP contribution in [0.3, 0.4) is 0 Å². The Morgan fingerprint density at radius 2 is 1.25 bits per heavy atom. The van der Waals surface area contributed by atoms with Gasteiger partial charge in [0.05, 0.1) is 12.0 Å². The highest BCUT2D eigenvalue weighted by Gasteiger charge is 2.46. The standard InChI is InChI=1S/C25H44F2O/c1-5-19-15-18(4)9-13-23(19)24-14-12-22(16-20(24)6-2)28-25(26,27)21-10-7-17(3)8-11-21/h17-24H,5-16H2,1-4H3. The van der Waals surface area contributed by atoms with E-state index in [0.29, 0.717) is 24.7 Å². The smallest absolute Gasteiger partial charge is 0.317 e. The molecule has 0 radical (unpaired) electrons. The molecule has 3 heteroatoms. The maximum absolute atomic E-state index is 14.8. The fourth-order valence-corrected chi connectivity index (χ4v) is 6.85. The lowest BCUT2D eigenvalue weighted by molar-refractivity contribution is -0.304. The van der Waals surface area contributed by atoms with Gasteiger partial charge in [-0.3, -0.25) is 0 Å². The average Bonchev–Trinajstić information content (AvgIpc) is 2.68. The average molecular weight is 399 g/mol. The molecule has 3 saturated carbocycles. The summed E-state index contributed by atoms with van der Waals surface area (Å²) in [4.78, 5) is 0. The first-order chi connectivity index (χ1) is 13.3. The zero-order chi connectivity index (χ0) is 20.3. The van der Waals surface area contributed by atoms with Crippen molar-refractivity contribution in [1.29, 1.82) is 0 Å². The number of ether oxygens (including phenoxy) is 1. The summed E-state index contributed by atoms with van der Waals surface area (Å²) in [7, 11) is 0. The summed E-state index contributed by atoms with van der Waals surface area (Å²) in [6, 6.07) is 0. The molecule has 0 saturated heterocycles. The molecule has 3 fully saturated rings. The molecule has 0 aromatic carbocycles. The van der Waals surface area contributed by atoms with Gasteiger partial charge in [-0.15, -0.1) is 0 Å². The number of hydrogen-bond acceptors (Lipinski definition) is 1. The molecule has 3 aliphatic carbocycles. The van der Waals surface area contributed by atoms with Crippen molar-refractivity contribution in [2.45, 2.75) is 117 Å². The summed E-state index contributed by atoms with van der Waals surface area (Å²) in [5.41, 5.74) is 0. The van der Waals surface area contributed by atoms with Gasteiger partial charge in [-0.1, -0.05) is 59.8 Å². The molecule has 0 amide bonds. The normalized spacial score (nSPS) is 43.1. The van der Waals surface area contributed by atoms with Crippen LogP contribution in [-0.4, -0.2) is 12.2 Å². The van der Waals surface area contributed by atoms with Crippen LogP contribution in [-0.2, 0) is 4.74 Å². The zero-order valence-electron chi connectivity index (χ0n) is 18.8. The summed E-state index contributed by atoms with van der Waals surface area (Å²) in [5, 5.41) is 0. The molecule has 0 heterocycles. The van der Waals surface area contributed by atoms with Gasteiger partial charge >= 0.3 is 6.11 Å². The molecule has 3 rings (SSSR count). The van der Waals surface area contributed by atoms with E-state index >= 15 is 0 Å². The van der Waals surface area contributed by atoms with Crippen LogP contribution in [0.1, 0.15) is 105 Å². The van der Waals surface area contributed by atoms with Gasteiger partial charge in [0.15, 0.2) is 0 Å². The largest absolute Gasteiger partial charge is 0.358 e. The predicted molar refractivity (Wildman–Crippen MR) is 112 cm³/mol. The topological polar surface area (TPSA) is 9.23 Å². The molecule has 0 aromatic heterocycles. The van der Waals surface area contributed by atoms with Crippen molar-refractivity contribution in [1.82, 2.24) is 0 Å². The Labute approximate surface area is 172 Å². The maximum Gasteiger partial charge on any atom is 0.358 e. The zero-order valence-corrected chi connectivity index (χ0v) is 18.8. The fraction of sp³-hybridized carbons (Fsp3) is 1.00. The second kappa shape index (κ2) is 9.75. The molecule has 6 unspecified atom stereocenters. The lowest BCUT2D eigenvalue weighted by atomic mass is 9.61. The molecule has 0 N–H and O–H groups in total. The molecule has 0 bridgehead atoms. The Morgan fingerprint density at radius 3 is 1.86 bits per heavy atom. The third-order valence-corrected chi connectivity index (χ3v) is 8.71. The molecule has 3 aliphatic rings. The van der Waals surface area contributed by atoms with E-state index in [1.807, 2.05) is 0 Å². The van der Waals surface area contributed by atoms with E-state index in [-0.39, 0.29) is 6.10 Å². The van der Waals surface area contributed by atoms with E-state index in [9.17, 15) is 8.78 Å². The van der Waals surface area contributed by atoms with Crippen molar-refractivity contribution in [3.8, 4) is 0 Å². The van der Waals surface area contributed by atoms with Crippen LogP contribution in [0.2, 0.25) is 0 Å². The van der Waals surface area contributed by atoms with Crippen molar-refractivity contribution >= 4 is 0 Å². The van der Waals surface area contributed by atoms with E-state index in [1.54, 1.807) is 0 Å². The lowest BCUT2D eigenvalue weighted by Crippen LogP contribution is -2.42. The van der Waals surface area contributed by atoms with Gasteiger partial charge in [0, 0.05) is 0 Å². The number of alkyl halides is 2. The van der Waals surface area contributed by atoms with Gasteiger partial charge in [0.25, 0.3) is 0 Å². The molecule has 0 spiro atoms. The van der Waals surface area contributed by atoms with E-state index in [0.717, 1.165) is 62.2 Å². The fourth-order valence-electron chi connectivity index (χ4n) is 6.85. The Kier molecular flexibility index (Phi) is 7.84. The highest BCUT2D eigenvalue weighted by atomic mass is 19.3. The second-order valence-electron chi connectivity index (χ2n) is 10.7. The Bertz CT molecular complexity index is 471. The molecule has 0 aliphatic heterocycles. The third-order valence-electron chi connectivity index (χ3n) is 8.71. The van der Waals surface area contributed by atoms with Crippen LogP contribution in [0.25, 0.3) is 0 Å². The van der Waals surface area contributed by atoms with E-state index in [1.165, 1.54) is 25.7 Å². The summed E-state index contributed by atoms with van der Waals surface area (Å²) in [5.74, 6) is 3.83. The maximum atomic E-state index is 14.8. The van der Waals surface area contributed by atoms with Crippen molar-refractivity contribution in [2.24, 2.45) is 41.4 Å². The van der Waals surface area contributed by atoms with Gasteiger partial charge in [-0.25, -0.2) is 0 Å². The van der Waals surface area contributed by atoms with Crippen molar-refractivity contribution in [2.75, 3.05) is 0 Å². The minimum absolute atomic E-state index is 0.238. The molecular weight excluding hydrogens is 354 g/mol. The van der Waals surface area contributed by atoms with Crippen LogP contribution in [0.4, 0.5) is 8.78 Å². The quantitative estimate of drug-likeness (QED) is 0.439. The number of halogens is 2. The van der Waals surface area contributed by atoms with E-state index in [4.69, 9.17) is 4.74 Å². The third kappa shape index (κ3) is 5.29. The molecular formula is C25H44F2O. The summed E-state index contributed by atoms with van der Waals surface area (Å²) < 4.78 is 35.2. The molecule has 164 valence electrons. The minimum Gasteiger partial charge on any atom is -0.317 e. The van der Waals surface area contributed by atoms with Gasteiger partial charge in [-0.2, -0.15) is 8.78 Å². The highest BCUT2D eigenvalue weighted by molar-refractivity contribution is 4.90. The predicted octanol–water partition coefficient (Wildman–Crippen LogP) is 8.08. The number of hydrogen-bond donors (Lipinski definition) is 0. The summed E-state index contributed by atoms with van der Waals surface area (Å²) in [6.07, 6.45) is 9.17. The molecule has 6 atom stereocenters. The molecule has 28 heavy (non-hydrogen) atoms. The van der Waals surface area contributed by atoms with E-state index in [2.05, 4.69) is 27.7 Å². The first-order valence-corrected chi connectivity index (χ1v) is 12.4. The highest BCUT2D eigenvalue weighted by Crippen LogP contribution is 2.49. The van der Waals surface area contributed by atoms with Crippen molar-refractivity contribution < 1.29 is 13.5 Å². The number of rotatable bonds is 6. The van der Waals surface area contributed by atoms with Crippen LogP contribution in [0, 0.1) is 41.4 Å². The van der Waals surface area contributed by atoms with Crippen LogP contribution in [0.15, 0.2) is 0 Å². The Hall–Kier alpha value is -0.180. The van der Waals surface area contributed by atoms with Gasteiger partial charge < -0.3 is 4.74 Å². The minimum atomic E-state index is -2.93. The first kappa shape index (κ1) is 22.5. The molecule has 1 nitrogen and oxygen atoms in total. The van der Waals surface area contributed by atoms with Crippen molar-refractivity contribution in [3.05, 3.63) is 0 Å². The van der Waals surface area contributed by atoms with Gasteiger partial charge in [-0.05, 0) is 80.5 Å². The second-order valence-corrected chi connectivity index (χ2v) is 10.7. The summed E-state index contributed by atoms with van der Waals surface area (Å²) >= 11 is 0. The monoisotopic (exact) mass is 398 g/mol. The lowest BCUT2D eigenvalue weighted by Gasteiger charge is -2.46. The Morgan fingerprint density at radius 1 is 0.714 bits per heavy atom. The first-order valence-electron chi connectivity index (χ1n) is 12.4. The van der Waals surface area contributed by atoms with Crippen LogP contribution >= 0.6 is 0 Å². The Balaban J connectivity index is 1.58. The van der Waals surface area contributed by atoms with E-state index < -0.39 is 12.0 Å². The SMILES string of the molecule is CCC1CC(C)CCC1C1CCC(OC(F)(F)C2CCC(C)CC2)CC1CC.